The van der Waals surface area contributed by atoms with Gasteiger partial charge in [-0.15, -0.1) is 11.3 Å². The average Bonchev–Trinajstić information content (AvgIpc) is 2.89. The van der Waals surface area contributed by atoms with Gasteiger partial charge in [-0.3, -0.25) is 0 Å². The zero-order valence-electron chi connectivity index (χ0n) is 12.9. The molecule has 0 aliphatic carbocycles. The van der Waals surface area contributed by atoms with Crippen molar-refractivity contribution in [3.8, 4) is 10.4 Å². The molecule has 0 atom stereocenters. The molecule has 2 nitrogen and oxygen atoms in total. The van der Waals surface area contributed by atoms with E-state index in [1.54, 1.807) is 17.4 Å². The number of carbonyl (C=O) groups excluding carboxylic acids is 1. The number of esters is 1. The van der Waals surface area contributed by atoms with Crippen LogP contribution >= 0.6 is 11.3 Å². The molecule has 0 saturated carbocycles. The second kappa shape index (κ2) is 5.58. The van der Waals surface area contributed by atoms with E-state index in [1.807, 2.05) is 51.1 Å². The molecule has 0 spiro atoms. The molecule has 3 rings (SSSR count). The minimum absolute atomic E-state index is 0.282. The number of rotatable bonds is 2. The second-order valence-electron chi connectivity index (χ2n) is 6.23. The van der Waals surface area contributed by atoms with Crippen molar-refractivity contribution in [3.05, 3.63) is 60.2 Å². The fraction of sp³-hybridized carbons (Fsp3) is 0.211. The molecule has 0 unspecified atom stereocenters. The molecule has 0 N–H and O–H groups in total. The first-order valence-corrected chi connectivity index (χ1v) is 8.06. The molecule has 0 amide bonds. The second-order valence-corrected chi connectivity index (χ2v) is 7.31. The highest BCUT2D eigenvalue weighted by Gasteiger charge is 2.18. The lowest BCUT2D eigenvalue weighted by Gasteiger charge is -2.19. The molecule has 3 heteroatoms. The lowest BCUT2D eigenvalue weighted by molar-refractivity contribution is 0.00696. The van der Waals surface area contributed by atoms with Crippen molar-refractivity contribution in [2.45, 2.75) is 26.4 Å². The molecular formula is C19H18O2S. The van der Waals surface area contributed by atoms with Gasteiger partial charge >= 0.3 is 5.97 Å². The maximum atomic E-state index is 12.2. The Balaban J connectivity index is 1.95. The molecule has 1 heterocycles. The van der Waals surface area contributed by atoms with E-state index >= 15 is 0 Å². The number of hydrogen-bond donors (Lipinski definition) is 0. The highest BCUT2D eigenvalue weighted by Crippen LogP contribution is 2.33. The van der Waals surface area contributed by atoms with E-state index in [0.717, 1.165) is 10.4 Å². The summed E-state index contributed by atoms with van der Waals surface area (Å²) in [5.41, 5.74) is 1.15. The van der Waals surface area contributed by atoms with Crippen LogP contribution in [-0.4, -0.2) is 11.6 Å². The topological polar surface area (TPSA) is 26.3 Å². The number of benzene rings is 2. The quantitative estimate of drug-likeness (QED) is 0.582. The van der Waals surface area contributed by atoms with Gasteiger partial charge in [-0.2, -0.15) is 0 Å². The Hall–Kier alpha value is -2.13. The molecular weight excluding hydrogens is 292 g/mol. The molecule has 3 aromatic rings. The first-order valence-electron chi connectivity index (χ1n) is 7.25. The van der Waals surface area contributed by atoms with Crippen molar-refractivity contribution in [1.82, 2.24) is 0 Å². The van der Waals surface area contributed by atoms with Crippen molar-refractivity contribution in [2.75, 3.05) is 0 Å². The summed E-state index contributed by atoms with van der Waals surface area (Å²) in [7, 11) is 0. The van der Waals surface area contributed by atoms with Crippen molar-refractivity contribution in [2.24, 2.45) is 0 Å². The van der Waals surface area contributed by atoms with Crippen LogP contribution in [0, 0.1) is 0 Å². The van der Waals surface area contributed by atoms with Crippen LogP contribution in [0.4, 0.5) is 0 Å². The normalized spacial score (nSPS) is 11.6. The van der Waals surface area contributed by atoms with E-state index in [4.69, 9.17) is 4.74 Å². The molecule has 2 aromatic carbocycles. The van der Waals surface area contributed by atoms with Gasteiger partial charge in [0.2, 0.25) is 0 Å². The number of carbonyl (C=O) groups is 1. The maximum absolute atomic E-state index is 12.2. The number of ether oxygens (including phenoxy) is 1. The van der Waals surface area contributed by atoms with Gasteiger partial charge in [0.1, 0.15) is 5.60 Å². The zero-order chi connectivity index (χ0) is 15.7. The molecule has 0 aliphatic rings. The first-order chi connectivity index (χ1) is 10.4. The minimum Gasteiger partial charge on any atom is -0.456 e. The Morgan fingerprint density at radius 2 is 1.77 bits per heavy atom. The van der Waals surface area contributed by atoms with Crippen molar-refractivity contribution >= 4 is 27.4 Å². The summed E-state index contributed by atoms with van der Waals surface area (Å²) in [5, 5.41) is 1.23. The molecule has 1 aromatic heterocycles. The number of thiophene rings is 1. The third kappa shape index (κ3) is 3.20. The third-order valence-electron chi connectivity index (χ3n) is 3.21. The van der Waals surface area contributed by atoms with Crippen LogP contribution in [0.15, 0.2) is 54.6 Å². The fourth-order valence-corrected chi connectivity index (χ4v) is 3.32. The summed E-state index contributed by atoms with van der Waals surface area (Å²) in [4.78, 5) is 13.4. The van der Waals surface area contributed by atoms with Crippen LogP contribution in [0.3, 0.4) is 0 Å². The van der Waals surface area contributed by atoms with E-state index < -0.39 is 5.60 Å². The highest BCUT2D eigenvalue weighted by atomic mass is 32.1. The Bertz CT molecular complexity index is 792. The van der Waals surface area contributed by atoms with Crippen LogP contribution in [-0.2, 0) is 4.74 Å². The Kier molecular flexibility index (Phi) is 3.75. The number of hydrogen-bond acceptors (Lipinski definition) is 3. The molecule has 0 saturated heterocycles. The van der Waals surface area contributed by atoms with Gasteiger partial charge in [0.05, 0.1) is 5.56 Å². The van der Waals surface area contributed by atoms with Gasteiger partial charge in [0.25, 0.3) is 0 Å². The van der Waals surface area contributed by atoms with Crippen LogP contribution in [0.5, 0.6) is 0 Å². The zero-order valence-corrected chi connectivity index (χ0v) is 13.7. The van der Waals surface area contributed by atoms with Crippen molar-refractivity contribution < 1.29 is 9.53 Å². The van der Waals surface area contributed by atoms with Gasteiger partial charge in [-0.1, -0.05) is 30.3 Å². The maximum Gasteiger partial charge on any atom is 0.338 e. The summed E-state index contributed by atoms with van der Waals surface area (Å²) in [6, 6.07) is 18.1. The summed E-state index contributed by atoms with van der Waals surface area (Å²) in [6.07, 6.45) is 0. The Morgan fingerprint density at radius 3 is 2.50 bits per heavy atom. The van der Waals surface area contributed by atoms with E-state index in [2.05, 4.69) is 18.2 Å². The predicted octanol–water partition coefficient (Wildman–Crippen LogP) is 5.52. The van der Waals surface area contributed by atoms with E-state index in [0.29, 0.717) is 5.56 Å². The van der Waals surface area contributed by atoms with Gasteiger partial charge in [0.15, 0.2) is 0 Å². The molecule has 0 radical (unpaired) electrons. The average molecular weight is 310 g/mol. The molecule has 0 bridgehead atoms. The first kappa shape index (κ1) is 14.8. The minimum atomic E-state index is -0.481. The van der Waals surface area contributed by atoms with Gasteiger partial charge in [-0.05, 0) is 56.0 Å². The van der Waals surface area contributed by atoms with E-state index in [9.17, 15) is 4.79 Å². The SMILES string of the molecule is CC(C)(C)OC(=O)c1cccc(-c2cc3ccccc3s2)c1. The van der Waals surface area contributed by atoms with Crippen molar-refractivity contribution in [3.63, 3.8) is 0 Å². The Morgan fingerprint density at radius 1 is 1.00 bits per heavy atom. The molecule has 0 aliphatic heterocycles. The molecule has 0 fully saturated rings. The van der Waals surface area contributed by atoms with Gasteiger partial charge < -0.3 is 4.74 Å². The summed E-state index contributed by atoms with van der Waals surface area (Å²) < 4.78 is 6.69. The summed E-state index contributed by atoms with van der Waals surface area (Å²) >= 11 is 1.73. The van der Waals surface area contributed by atoms with Crippen molar-refractivity contribution in [1.29, 1.82) is 0 Å². The summed E-state index contributed by atoms with van der Waals surface area (Å²) in [6.45, 7) is 5.63. The van der Waals surface area contributed by atoms with Crippen LogP contribution in [0.1, 0.15) is 31.1 Å². The van der Waals surface area contributed by atoms with Gasteiger partial charge in [-0.25, -0.2) is 4.79 Å². The fourth-order valence-electron chi connectivity index (χ4n) is 2.26. The van der Waals surface area contributed by atoms with Crippen LogP contribution in [0.25, 0.3) is 20.5 Å². The number of fused-ring (bicyclic) bond motifs is 1. The largest absolute Gasteiger partial charge is 0.456 e. The lowest BCUT2D eigenvalue weighted by atomic mass is 10.1. The van der Waals surface area contributed by atoms with Crippen LogP contribution < -0.4 is 0 Å². The molecule has 22 heavy (non-hydrogen) atoms. The van der Waals surface area contributed by atoms with Crippen LogP contribution in [0.2, 0.25) is 0 Å². The van der Waals surface area contributed by atoms with E-state index in [1.165, 1.54) is 10.1 Å². The monoisotopic (exact) mass is 310 g/mol. The smallest absolute Gasteiger partial charge is 0.338 e. The molecule has 112 valence electrons. The predicted molar refractivity (Wildman–Crippen MR) is 92.4 cm³/mol. The highest BCUT2D eigenvalue weighted by molar-refractivity contribution is 7.22. The third-order valence-corrected chi connectivity index (χ3v) is 4.37. The van der Waals surface area contributed by atoms with Gasteiger partial charge in [0, 0.05) is 9.58 Å². The standard InChI is InChI=1S/C19H18O2S/c1-19(2,3)21-18(20)15-9-6-8-13(11-15)17-12-14-7-4-5-10-16(14)22-17/h4-12H,1-3H3. The Labute approximate surface area is 134 Å². The summed E-state index contributed by atoms with van der Waals surface area (Å²) in [5.74, 6) is -0.282. The van der Waals surface area contributed by atoms with E-state index in [-0.39, 0.29) is 5.97 Å². The lowest BCUT2D eigenvalue weighted by Crippen LogP contribution is -2.23.